The largest absolute Gasteiger partial charge is 0.444 e. The minimum absolute atomic E-state index is 0.0492. The van der Waals surface area contributed by atoms with Crippen molar-refractivity contribution in [2.45, 2.75) is 77.9 Å². The minimum atomic E-state index is -0.587. The van der Waals surface area contributed by atoms with Gasteiger partial charge in [0.05, 0.1) is 0 Å². The molecule has 230 valence electrons. The number of nitrogens with one attached hydrogen (secondary N) is 2. The van der Waals surface area contributed by atoms with Crippen LogP contribution in [0, 0.1) is 12.8 Å². The zero-order valence-electron chi connectivity index (χ0n) is 25.9. The minimum Gasteiger partial charge on any atom is -0.444 e. The number of rotatable bonds is 6. The standard InChI is InChI=1S/C30H47N9O3/c1-21-18-26(35-34-21)32-25-20-27(37-16-14-36(5)15-17-37)33-24(31-25)19-22-9-12-38(13-10-22)28(40)23-8-6-7-11-39(23)29(41)42-30(2,3)4/h18,20,22-23H,6-17,19H2,1-5H3,(H2,31,32,33,34,35). The van der Waals surface area contributed by atoms with Crippen molar-refractivity contribution in [3.05, 3.63) is 23.7 Å². The number of anilines is 3. The number of nitrogens with zero attached hydrogens (tertiary/aromatic N) is 7. The van der Waals surface area contributed by atoms with Crippen LogP contribution in [0.3, 0.4) is 0 Å². The molecule has 3 saturated heterocycles. The molecule has 12 nitrogen and oxygen atoms in total. The van der Waals surface area contributed by atoms with Crippen molar-refractivity contribution in [2.24, 2.45) is 5.92 Å². The summed E-state index contributed by atoms with van der Waals surface area (Å²) in [5.41, 5.74) is 0.395. The molecule has 12 heteroatoms. The highest BCUT2D eigenvalue weighted by molar-refractivity contribution is 5.86. The summed E-state index contributed by atoms with van der Waals surface area (Å²) in [4.78, 5) is 44.6. The highest BCUT2D eigenvalue weighted by Gasteiger charge is 2.38. The SMILES string of the molecule is Cc1cc(Nc2cc(N3CCN(C)CC3)nc(CC3CCN(C(=O)C4CCCCN4C(=O)OC(C)(C)C)CC3)n2)n[nH]1. The molecule has 0 saturated carbocycles. The Labute approximate surface area is 249 Å². The normalized spacial score (nSPS) is 21.0. The predicted octanol–water partition coefficient (Wildman–Crippen LogP) is 3.57. The molecule has 5 heterocycles. The summed E-state index contributed by atoms with van der Waals surface area (Å²) in [5.74, 6) is 3.66. The van der Waals surface area contributed by atoms with E-state index in [1.165, 1.54) is 0 Å². The number of carbonyl (C=O) groups excluding carboxylic acids is 2. The zero-order valence-corrected chi connectivity index (χ0v) is 25.9. The molecule has 42 heavy (non-hydrogen) atoms. The van der Waals surface area contributed by atoms with E-state index >= 15 is 0 Å². The van der Waals surface area contributed by atoms with E-state index in [0.29, 0.717) is 32.0 Å². The highest BCUT2D eigenvalue weighted by atomic mass is 16.6. The van der Waals surface area contributed by atoms with E-state index in [2.05, 4.69) is 32.4 Å². The lowest BCUT2D eigenvalue weighted by molar-refractivity contribution is -0.139. The number of ether oxygens (including phenoxy) is 1. The Morgan fingerprint density at radius 3 is 2.38 bits per heavy atom. The molecule has 0 aliphatic carbocycles. The number of hydrogen-bond donors (Lipinski definition) is 2. The maximum absolute atomic E-state index is 13.6. The van der Waals surface area contributed by atoms with Gasteiger partial charge in [0.25, 0.3) is 0 Å². The number of hydrogen-bond acceptors (Lipinski definition) is 9. The summed E-state index contributed by atoms with van der Waals surface area (Å²) in [6.07, 6.45) is 4.67. The van der Waals surface area contributed by atoms with E-state index in [1.54, 1.807) is 4.90 Å². The molecule has 1 atom stereocenters. The van der Waals surface area contributed by atoms with Crippen LogP contribution in [0.1, 0.15) is 64.4 Å². The van der Waals surface area contributed by atoms with Crippen LogP contribution in [-0.2, 0) is 16.0 Å². The van der Waals surface area contributed by atoms with Crippen LogP contribution < -0.4 is 10.2 Å². The first kappa shape index (κ1) is 30.1. The van der Waals surface area contributed by atoms with Gasteiger partial charge in [-0.15, -0.1) is 0 Å². The average molecular weight is 582 g/mol. The number of aromatic amines is 1. The summed E-state index contributed by atoms with van der Waals surface area (Å²) in [6.45, 7) is 13.3. The first-order valence-electron chi connectivity index (χ1n) is 15.4. The van der Waals surface area contributed by atoms with Crippen LogP contribution in [-0.4, -0.2) is 111 Å². The van der Waals surface area contributed by atoms with Crippen LogP contribution >= 0.6 is 0 Å². The molecule has 3 aliphatic heterocycles. The van der Waals surface area contributed by atoms with Crippen molar-refractivity contribution in [3.63, 3.8) is 0 Å². The van der Waals surface area contributed by atoms with E-state index in [-0.39, 0.29) is 12.0 Å². The monoisotopic (exact) mass is 581 g/mol. The Morgan fingerprint density at radius 2 is 1.71 bits per heavy atom. The lowest BCUT2D eigenvalue weighted by Crippen LogP contribution is -2.55. The fraction of sp³-hybridized carbons (Fsp3) is 0.700. The van der Waals surface area contributed by atoms with Gasteiger partial charge in [-0.25, -0.2) is 14.8 Å². The van der Waals surface area contributed by atoms with E-state index in [1.807, 2.05) is 44.7 Å². The second-order valence-electron chi connectivity index (χ2n) is 13.0. The van der Waals surface area contributed by atoms with Crippen LogP contribution in [0.15, 0.2) is 12.1 Å². The third-order valence-electron chi connectivity index (χ3n) is 8.36. The number of aryl methyl sites for hydroxylation is 1. The fourth-order valence-corrected chi connectivity index (χ4v) is 6.00. The van der Waals surface area contributed by atoms with Gasteiger partial charge in [-0.05, 0) is 72.8 Å². The van der Waals surface area contributed by atoms with Crippen molar-refractivity contribution in [1.29, 1.82) is 0 Å². The smallest absolute Gasteiger partial charge is 0.410 e. The Bertz CT molecular complexity index is 1230. The molecule has 2 aromatic rings. The molecule has 0 radical (unpaired) electrons. The number of piperidine rings is 2. The van der Waals surface area contributed by atoms with Gasteiger partial charge >= 0.3 is 6.09 Å². The molecule has 3 aliphatic rings. The number of amides is 2. The number of carbonyl (C=O) groups is 2. The molecule has 0 bridgehead atoms. The van der Waals surface area contributed by atoms with Crippen LogP contribution in [0.5, 0.6) is 0 Å². The molecule has 0 aromatic carbocycles. The van der Waals surface area contributed by atoms with Crippen molar-refractivity contribution < 1.29 is 14.3 Å². The van der Waals surface area contributed by atoms with Crippen molar-refractivity contribution in [3.8, 4) is 0 Å². The summed E-state index contributed by atoms with van der Waals surface area (Å²) in [7, 11) is 2.15. The number of piperazine rings is 1. The van der Waals surface area contributed by atoms with Gasteiger partial charge in [0.1, 0.15) is 29.1 Å². The molecule has 1 unspecified atom stereocenters. The predicted molar refractivity (Wildman–Crippen MR) is 162 cm³/mol. The van der Waals surface area contributed by atoms with Gasteiger partial charge in [0, 0.05) is 70.1 Å². The fourth-order valence-electron chi connectivity index (χ4n) is 6.00. The summed E-state index contributed by atoms with van der Waals surface area (Å²) in [5, 5.41) is 10.6. The van der Waals surface area contributed by atoms with Gasteiger partial charge < -0.3 is 24.8 Å². The Hall–Kier alpha value is -3.41. The Morgan fingerprint density at radius 1 is 0.976 bits per heavy atom. The molecular formula is C30H47N9O3. The number of likely N-dealkylation sites (N-methyl/N-ethyl adjacent to an activating group) is 1. The van der Waals surface area contributed by atoms with Crippen LogP contribution in [0.25, 0.3) is 0 Å². The van der Waals surface area contributed by atoms with Crippen molar-refractivity contribution in [1.82, 2.24) is 34.9 Å². The summed E-state index contributed by atoms with van der Waals surface area (Å²) >= 11 is 0. The van der Waals surface area contributed by atoms with Gasteiger partial charge in [-0.2, -0.15) is 5.10 Å². The van der Waals surface area contributed by atoms with E-state index in [4.69, 9.17) is 14.7 Å². The topological polar surface area (TPSA) is 123 Å². The van der Waals surface area contributed by atoms with Gasteiger partial charge in [-0.1, -0.05) is 0 Å². The Kier molecular flexibility index (Phi) is 9.19. The second kappa shape index (κ2) is 12.8. The van der Waals surface area contributed by atoms with E-state index < -0.39 is 11.6 Å². The van der Waals surface area contributed by atoms with Crippen LogP contribution in [0.4, 0.5) is 22.2 Å². The molecule has 0 spiro atoms. The molecule has 2 N–H and O–H groups in total. The summed E-state index contributed by atoms with van der Waals surface area (Å²) < 4.78 is 5.62. The summed E-state index contributed by atoms with van der Waals surface area (Å²) in [6, 6.07) is 3.54. The molecule has 2 amide bonds. The lowest BCUT2D eigenvalue weighted by atomic mass is 9.92. The first-order chi connectivity index (χ1) is 20.0. The zero-order chi connectivity index (χ0) is 29.9. The molecule has 3 fully saturated rings. The molecule has 5 rings (SSSR count). The second-order valence-corrected chi connectivity index (χ2v) is 13.0. The number of likely N-dealkylation sites (tertiary alicyclic amines) is 2. The number of H-pyrrole nitrogens is 1. The van der Waals surface area contributed by atoms with Crippen molar-refractivity contribution >= 4 is 29.5 Å². The van der Waals surface area contributed by atoms with Gasteiger partial charge in [-0.3, -0.25) is 14.8 Å². The van der Waals surface area contributed by atoms with Crippen molar-refractivity contribution in [2.75, 3.05) is 63.1 Å². The van der Waals surface area contributed by atoms with E-state index in [9.17, 15) is 9.59 Å². The third kappa shape index (κ3) is 7.70. The lowest BCUT2D eigenvalue weighted by Gasteiger charge is -2.40. The maximum atomic E-state index is 13.6. The van der Waals surface area contributed by atoms with Gasteiger partial charge in [0.15, 0.2) is 5.82 Å². The molecular weight excluding hydrogens is 534 g/mol. The molecule has 2 aromatic heterocycles. The average Bonchev–Trinajstić information content (AvgIpc) is 3.36. The first-order valence-corrected chi connectivity index (χ1v) is 15.4. The van der Waals surface area contributed by atoms with Gasteiger partial charge in [0.2, 0.25) is 5.91 Å². The van der Waals surface area contributed by atoms with Crippen LogP contribution in [0.2, 0.25) is 0 Å². The quantitative estimate of drug-likeness (QED) is 0.527. The Balaban J connectivity index is 1.23. The third-order valence-corrected chi connectivity index (χ3v) is 8.36. The highest BCUT2D eigenvalue weighted by Crippen LogP contribution is 2.27. The maximum Gasteiger partial charge on any atom is 0.410 e. The number of aromatic nitrogens is 4. The van der Waals surface area contributed by atoms with E-state index in [0.717, 1.165) is 87.3 Å².